The summed E-state index contributed by atoms with van der Waals surface area (Å²) in [5.41, 5.74) is 1.25. The number of methoxy groups -OCH3 is 1. The molecule has 3 rings (SSSR count). The van der Waals surface area contributed by atoms with Gasteiger partial charge in [-0.25, -0.2) is 4.98 Å². The largest absolute Gasteiger partial charge is 0.497 e. The predicted octanol–water partition coefficient (Wildman–Crippen LogP) is 3.05. The number of rotatable bonds is 6. The molecule has 0 saturated carbocycles. The molecule has 1 aliphatic heterocycles. The third-order valence-electron chi connectivity index (χ3n) is 4.24. The van der Waals surface area contributed by atoms with Crippen molar-refractivity contribution in [3.63, 3.8) is 0 Å². The molecule has 0 bridgehead atoms. The van der Waals surface area contributed by atoms with Crippen molar-refractivity contribution in [1.29, 1.82) is 0 Å². The van der Waals surface area contributed by atoms with Gasteiger partial charge in [-0.2, -0.15) is 0 Å². The normalized spacial score (nSPS) is 24.5. The van der Waals surface area contributed by atoms with E-state index in [2.05, 4.69) is 24.0 Å². The Kier molecular flexibility index (Phi) is 4.98. The fraction of sp³-hybridized carbons (Fsp3) is 0.500. The lowest BCUT2D eigenvalue weighted by Crippen LogP contribution is -2.47. The van der Waals surface area contributed by atoms with Crippen LogP contribution < -0.4 is 4.74 Å². The zero-order chi connectivity index (χ0) is 16.1. The lowest BCUT2D eigenvalue weighted by atomic mass is 10.0. The van der Waals surface area contributed by atoms with Gasteiger partial charge < -0.3 is 18.8 Å². The molecule has 2 heterocycles. The van der Waals surface area contributed by atoms with Gasteiger partial charge in [-0.05, 0) is 37.5 Å². The van der Waals surface area contributed by atoms with Gasteiger partial charge in [-0.15, -0.1) is 0 Å². The minimum atomic E-state index is -0.585. The van der Waals surface area contributed by atoms with Crippen LogP contribution in [0.1, 0.15) is 25.3 Å². The van der Waals surface area contributed by atoms with Crippen molar-refractivity contribution >= 4 is 0 Å². The van der Waals surface area contributed by atoms with Crippen molar-refractivity contribution in [2.45, 2.75) is 44.6 Å². The van der Waals surface area contributed by atoms with Crippen molar-refractivity contribution in [2.75, 3.05) is 13.7 Å². The van der Waals surface area contributed by atoms with Crippen LogP contribution >= 0.6 is 0 Å². The first-order valence-corrected chi connectivity index (χ1v) is 8.09. The Hall–Kier alpha value is -1.85. The van der Waals surface area contributed by atoms with E-state index in [0.29, 0.717) is 6.54 Å². The monoisotopic (exact) mass is 316 g/mol. The Morgan fingerprint density at radius 2 is 2.17 bits per heavy atom. The summed E-state index contributed by atoms with van der Waals surface area (Å²) in [5, 5.41) is 0. The number of benzene rings is 1. The van der Waals surface area contributed by atoms with E-state index in [9.17, 15) is 0 Å². The molecular weight excluding hydrogens is 292 g/mol. The molecule has 1 aromatic carbocycles. The molecule has 1 fully saturated rings. The minimum Gasteiger partial charge on any atom is -0.497 e. The number of hydrogen-bond acceptors (Lipinski definition) is 4. The Bertz CT molecular complexity index is 597. The number of aryl methyl sites for hydroxylation is 1. The van der Waals surface area contributed by atoms with E-state index >= 15 is 0 Å². The summed E-state index contributed by atoms with van der Waals surface area (Å²) in [4.78, 5) is 4.11. The summed E-state index contributed by atoms with van der Waals surface area (Å²) in [7, 11) is 1.68. The molecule has 1 aromatic heterocycles. The van der Waals surface area contributed by atoms with E-state index in [1.54, 1.807) is 19.6 Å². The first kappa shape index (κ1) is 16.0. The standard InChI is InChI=1S/C18H24N2O3/c1-15-8-12-22-18(23-15,13-20-11-10-19-14-20)9-7-16-3-5-17(21-2)6-4-16/h3-6,10-11,14-15H,7-9,12-13H2,1-2H3. The average molecular weight is 316 g/mol. The van der Waals surface area contributed by atoms with Crippen LogP contribution in [0.3, 0.4) is 0 Å². The van der Waals surface area contributed by atoms with Gasteiger partial charge >= 0.3 is 0 Å². The van der Waals surface area contributed by atoms with Gasteiger partial charge in [-0.3, -0.25) is 0 Å². The molecule has 0 spiro atoms. The van der Waals surface area contributed by atoms with Crippen molar-refractivity contribution < 1.29 is 14.2 Å². The Balaban J connectivity index is 1.70. The maximum absolute atomic E-state index is 6.22. The van der Waals surface area contributed by atoms with Crippen LogP contribution in [0, 0.1) is 0 Å². The molecule has 0 N–H and O–H groups in total. The molecule has 1 saturated heterocycles. The highest BCUT2D eigenvalue weighted by Crippen LogP contribution is 2.30. The minimum absolute atomic E-state index is 0.211. The van der Waals surface area contributed by atoms with Crippen LogP contribution in [0.2, 0.25) is 0 Å². The highest BCUT2D eigenvalue weighted by atomic mass is 16.7. The Labute approximate surface area is 137 Å². The first-order valence-electron chi connectivity index (χ1n) is 8.09. The first-order chi connectivity index (χ1) is 11.2. The predicted molar refractivity (Wildman–Crippen MR) is 87.4 cm³/mol. The van der Waals surface area contributed by atoms with E-state index in [4.69, 9.17) is 14.2 Å². The summed E-state index contributed by atoms with van der Waals surface area (Å²) in [5.74, 6) is 0.291. The maximum atomic E-state index is 6.22. The van der Waals surface area contributed by atoms with Gasteiger partial charge in [0.2, 0.25) is 0 Å². The van der Waals surface area contributed by atoms with E-state index in [1.165, 1.54) is 5.56 Å². The van der Waals surface area contributed by atoms with Crippen molar-refractivity contribution in [2.24, 2.45) is 0 Å². The highest BCUT2D eigenvalue weighted by molar-refractivity contribution is 5.27. The zero-order valence-corrected chi connectivity index (χ0v) is 13.8. The maximum Gasteiger partial charge on any atom is 0.186 e. The van der Waals surface area contributed by atoms with Crippen LogP contribution in [0.25, 0.3) is 0 Å². The van der Waals surface area contributed by atoms with Crippen molar-refractivity contribution in [1.82, 2.24) is 9.55 Å². The van der Waals surface area contributed by atoms with E-state index in [-0.39, 0.29) is 6.10 Å². The fourth-order valence-corrected chi connectivity index (χ4v) is 2.95. The Morgan fingerprint density at radius 1 is 1.35 bits per heavy atom. The van der Waals surface area contributed by atoms with Crippen LogP contribution in [0.4, 0.5) is 0 Å². The second-order valence-corrected chi connectivity index (χ2v) is 6.06. The molecule has 5 nitrogen and oxygen atoms in total. The summed E-state index contributed by atoms with van der Waals surface area (Å²) in [6.07, 6.45) is 8.38. The lowest BCUT2D eigenvalue weighted by molar-refractivity contribution is -0.298. The smallest absolute Gasteiger partial charge is 0.186 e. The third kappa shape index (κ3) is 4.12. The van der Waals surface area contributed by atoms with Gasteiger partial charge in [0, 0.05) is 18.8 Å². The van der Waals surface area contributed by atoms with Crippen LogP contribution in [0.15, 0.2) is 43.0 Å². The molecule has 0 radical (unpaired) electrons. The van der Waals surface area contributed by atoms with Crippen LogP contribution in [-0.4, -0.2) is 35.2 Å². The molecule has 124 valence electrons. The third-order valence-corrected chi connectivity index (χ3v) is 4.24. The quantitative estimate of drug-likeness (QED) is 0.822. The average Bonchev–Trinajstić information content (AvgIpc) is 3.06. The second-order valence-electron chi connectivity index (χ2n) is 6.06. The molecule has 2 aromatic rings. The number of imidazole rings is 1. The molecule has 0 aliphatic carbocycles. The van der Waals surface area contributed by atoms with E-state index < -0.39 is 5.79 Å². The van der Waals surface area contributed by atoms with Gasteiger partial charge in [0.05, 0.1) is 32.7 Å². The van der Waals surface area contributed by atoms with E-state index in [1.807, 2.05) is 22.9 Å². The highest BCUT2D eigenvalue weighted by Gasteiger charge is 2.37. The lowest BCUT2D eigenvalue weighted by Gasteiger charge is -2.40. The van der Waals surface area contributed by atoms with Gasteiger partial charge in [-0.1, -0.05) is 12.1 Å². The van der Waals surface area contributed by atoms with Gasteiger partial charge in [0.25, 0.3) is 0 Å². The molecular formula is C18H24N2O3. The van der Waals surface area contributed by atoms with Crippen molar-refractivity contribution in [3.8, 4) is 5.75 Å². The van der Waals surface area contributed by atoms with E-state index in [0.717, 1.165) is 31.6 Å². The molecule has 2 unspecified atom stereocenters. The SMILES string of the molecule is COc1ccc(CCC2(Cn3ccnc3)OCCC(C)O2)cc1. The van der Waals surface area contributed by atoms with Crippen LogP contribution in [0.5, 0.6) is 5.75 Å². The number of ether oxygens (including phenoxy) is 3. The number of aromatic nitrogens is 2. The van der Waals surface area contributed by atoms with Gasteiger partial charge in [0.15, 0.2) is 5.79 Å². The summed E-state index contributed by atoms with van der Waals surface area (Å²) in [6, 6.07) is 8.16. The zero-order valence-electron chi connectivity index (χ0n) is 13.8. The fourth-order valence-electron chi connectivity index (χ4n) is 2.95. The van der Waals surface area contributed by atoms with Crippen molar-refractivity contribution in [3.05, 3.63) is 48.5 Å². The Morgan fingerprint density at radius 3 is 2.83 bits per heavy atom. The molecule has 1 aliphatic rings. The molecule has 0 amide bonds. The second kappa shape index (κ2) is 7.15. The summed E-state index contributed by atoms with van der Waals surface area (Å²) >= 11 is 0. The van der Waals surface area contributed by atoms with Gasteiger partial charge in [0.1, 0.15) is 5.75 Å². The van der Waals surface area contributed by atoms with Crippen LogP contribution in [-0.2, 0) is 22.4 Å². The summed E-state index contributed by atoms with van der Waals surface area (Å²) in [6.45, 7) is 3.50. The summed E-state index contributed by atoms with van der Waals surface area (Å²) < 4.78 is 19.5. The molecule has 2 atom stereocenters. The molecule has 23 heavy (non-hydrogen) atoms. The number of nitrogens with zero attached hydrogens (tertiary/aromatic N) is 2. The molecule has 5 heteroatoms. The topological polar surface area (TPSA) is 45.5 Å². The number of hydrogen-bond donors (Lipinski definition) is 0.